The van der Waals surface area contributed by atoms with Gasteiger partial charge in [0.05, 0.1) is 9.80 Å². The summed E-state index contributed by atoms with van der Waals surface area (Å²) in [6.07, 6.45) is 1.55. The van der Waals surface area contributed by atoms with E-state index >= 15 is 0 Å². The summed E-state index contributed by atoms with van der Waals surface area (Å²) in [7, 11) is -3.87. The third kappa shape index (κ3) is 3.60. The average molecular weight is 362 g/mol. The molecular weight excluding hydrogens is 348 g/mol. The van der Waals surface area contributed by atoms with Crippen LogP contribution in [0, 0.1) is 13.8 Å². The number of hydrogen-bond acceptors (Lipinski definition) is 5. The largest absolute Gasteiger partial charge is 0.462 e. The molecule has 124 valence electrons. The zero-order valence-corrected chi connectivity index (χ0v) is 14.6. The minimum Gasteiger partial charge on any atom is -0.462 e. The van der Waals surface area contributed by atoms with Gasteiger partial charge in [0.25, 0.3) is 15.9 Å². The van der Waals surface area contributed by atoms with Crippen molar-refractivity contribution in [2.75, 3.05) is 0 Å². The number of hydrogen-bond donors (Lipinski definition) is 1. The summed E-state index contributed by atoms with van der Waals surface area (Å²) >= 11 is 0.959. The number of aryl methyl sites for hydroxylation is 2. The first-order chi connectivity index (χ1) is 11.3. The molecular formula is C16H14N2O4S2. The fraction of sp³-hybridized carbons (Fsp3) is 0.125. The summed E-state index contributed by atoms with van der Waals surface area (Å²) in [5.41, 5.74) is 0.948. The van der Waals surface area contributed by atoms with E-state index < -0.39 is 15.9 Å². The van der Waals surface area contributed by atoms with E-state index in [1.807, 2.05) is 6.92 Å². The van der Waals surface area contributed by atoms with Gasteiger partial charge in [-0.15, -0.1) is 4.40 Å². The molecule has 1 aliphatic heterocycles. The predicted octanol–water partition coefficient (Wildman–Crippen LogP) is 2.85. The van der Waals surface area contributed by atoms with Crippen molar-refractivity contribution in [3.05, 3.63) is 58.4 Å². The third-order valence-electron chi connectivity index (χ3n) is 3.21. The molecule has 1 amide bonds. The lowest BCUT2D eigenvalue weighted by molar-refractivity contribution is -0.115. The van der Waals surface area contributed by atoms with E-state index in [0.717, 1.165) is 23.1 Å². The molecule has 0 aliphatic carbocycles. The van der Waals surface area contributed by atoms with Crippen LogP contribution >= 0.6 is 11.8 Å². The summed E-state index contributed by atoms with van der Waals surface area (Å²) in [6.45, 7) is 3.66. The lowest BCUT2D eigenvalue weighted by Gasteiger charge is -2.00. The van der Waals surface area contributed by atoms with E-state index in [0.29, 0.717) is 10.7 Å². The molecule has 2 aromatic rings. The van der Waals surface area contributed by atoms with Crippen LogP contribution in [0.5, 0.6) is 0 Å². The first-order valence-electron chi connectivity index (χ1n) is 7.02. The highest BCUT2D eigenvalue weighted by atomic mass is 32.2. The monoisotopic (exact) mass is 362 g/mol. The first-order valence-corrected chi connectivity index (χ1v) is 9.28. The van der Waals surface area contributed by atoms with E-state index in [9.17, 15) is 13.2 Å². The maximum absolute atomic E-state index is 12.3. The second-order valence-corrected chi connectivity index (χ2v) is 7.83. The topological polar surface area (TPSA) is 88.7 Å². The number of furan rings is 1. The number of amidine groups is 1. The van der Waals surface area contributed by atoms with Crippen molar-refractivity contribution in [1.29, 1.82) is 0 Å². The number of nitrogens with zero attached hydrogens (tertiary/aromatic N) is 1. The van der Waals surface area contributed by atoms with Crippen LogP contribution in [0.15, 0.2) is 55.0 Å². The molecule has 1 fully saturated rings. The highest BCUT2D eigenvalue weighted by Crippen LogP contribution is 2.28. The van der Waals surface area contributed by atoms with Crippen LogP contribution in [-0.4, -0.2) is 19.5 Å². The maximum atomic E-state index is 12.3. The number of carbonyl (C=O) groups is 1. The minimum atomic E-state index is -3.87. The van der Waals surface area contributed by atoms with E-state index in [4.69, 9.17) is 4.42 Å². The number of thioether (sulfide) groups is 1. The summed E-state index contributed by atoms with van der Waals surface area (Å²) in [4.78, 5) is 12.3. The molecule has 3 rings (SSSR count). The van der Waals surface area contributed by atoms with Crippen LogP contribution in [0.1, 0.15) is 17.1 Å². The molecule has 1 aliphatic rings. The average Bonchev–Trinajstić information content (AvgIpc) is 3.05. The standard InChI is InChI=1S/C16H14N2O4S2/c1-10-3-7-13(8-4-10)24(20,21)18-16-17-15(19)14(23-16)9-12-6-5-11(2)22-12/h3-9H,1-2H3,(H,17,18,19). The molecule has 0 unspecified atom stereocenters. The van der Waals surface area contributed by atoms with Crippen molar-refractivity contribution < 1.29 is 17.6 Å². The molecule has 0 saturated carbocycles. The Bertz CT molecular complexity index is 954. The van der Waals surface area contributed by atoms with Crippen molar-refractivity contribution in [2.45, 2.75) is 18.7 Å². The van der Waals surface area contributed by atoms with Gasteiger partial charge < -0.3 is 4.42 Å². The number of amides is 1. The molecule has 1 aromatic heterocycles. The van der Waals surface area contributed by atoms with Gasteiger partial charge >= 0.3 is 0 Å². The molecule has 6 nitrogen and oxygen atoms in total. The van der Waals surface area contributed by atoms with Crippen LogP contribution in [0.4, 0.5) is 0 Å². The van der Waals surface area contributed by atoms with Gasteiger partial charge in [-0.1, -0.05) is 17.7 Å². The normalized spacial score (nSPS) is 18.3. The molecule has 1 saturated heterocycles. The number of benzene rings is 1. The molecule has 1 aromatic carbocycles. The van der Waals surface area contributed by atoms with Crippen LogP contribution in [0.3, 0.4) is 0 Å². The second-order valence-electron chi connectivity index (χ2n) is 5.20. The Labute approximate surface area is 143 Å². The molecule has 0 bridgehead atoms. The Morgan fingerprint density at radius 3 is 2.46 bits per heavy atom. The van der Waals surface area contributed by atoms with E-state index in [1.165, 1.54) is 12.1 Å². The summed E-state index contributed by atoms with van der Waals surface area (Å²) < 4.78 is 33.7. The van der Waals surface area contributed by atoms with Gasteiger partial charge in [-0.2, -0.15) is 8.42 Å². The van der Waals surface area contributed by atoms with Gasteiger partial charge in [0, 0.05) is 6.08 Å². The molecule has 8 heteroatoms. The summed E-state index contributed by atoms with van der Waals surface area (Å²) in [5.74, 6) is 0.834. The number of nitrogens with one attached hydrogen (secondary N) is 1. The number of carbonyl (C=O) groups excluding carboxylic acids is 1. The van der Waals surface area contributed by atoms with Crippen molar-refractivity contribution >= 4 is 38.9 Å². The molecule has 0 radical (unpaired) electrons. The Kier molecular flexibility index (Phi) is 4.33. The van der Waals surface area contributed by atoms with Gasteiger partial charge in [-0.3, -0.25) is 10.1 Å². The van der Waals surface area contributed by atoms with Crippen LogP contribution in [0.25, 0.3) is 6.08 Å². The summed E-state index contributed by atoms with van der Waals surface area (Å²) in [5, 5.41) is 2.48. The minimum absolute atomic E-state index is 0.0232. The fourth-order valence-electron chi connectivity index (χ4n) is 2.00. The smallest absolute Gasteiger partial charge is 0.284 e. The van der Waals surface area contributed by atoms with Crippen LogP contribution < -0.4 is 5.32 Å². The van der Waals surface area contributed by atoms with E-state index in [2.05, 4.69) is 9.71 Å². The Hall–Kier alpha value is -2.32. The Morgan fingerprint density at radius 1 is 1.12 bits per heavy atom. The van der Waals surface area contributed by atoms with Crippen molar-refractivity contribution in [1.82, 2.24) is 5.32 Å². The molecule has 0 spiro atoms. The molecule has 2 heterocycles. The number of rotatable bonds is 3. The van der Waals surface area contributed by atoms with Crippen molar-refractivity contribution in [3.63, 3.8) is 0 Å². The predicted molar refractivity (Wildman–Crippen MR) is 93.0 cm³/mol. The molecule has 1 N–H and O–H groups in total. The number of sulfonamides is 1. The fourth-order valence-corrected chi connectivity index (χ4v) is 3.97. The van der Waals surface area contributed by atoms with Gasteiger partial charge in [0.1, 0.15) is 11.5 Å². The van der Waals surface area contributed by atoms with Gasteiger partial charge in [0.15, 0.2) is 5.17 Å². The van der Waals surface area contributed by atoms with Gasteiger partial charge in [-0.25, -0.2) is 0 Å². The quantitative estimate of drug-likeness (QED) is 0.848. The lowest BCUT2D eigenvalue weighted by Crippen LogP contribution is -2.20. The Balaban J connectivity index is 1.86. The van der Waals surface area contributed by atoms with E-state index in [-0.39, 0.29) is 10.1 Å². The van der Waals surface area contributed by atoms with E-state index in [1.54, 1.807) is 37.3 Å². The van der Waals surface area contributed by atoms with Crippen molar-refractivity contribution in [2.24, 2.45) is 4.40 Å². The first kappa shape index (κ1) is 16.5. The highest BCUT2D eigenvalue weighted by Gasteiger charge is 2.26. The Morgan fingerprint density at radius 2 is 1.83 bits per heavy atom. The lowest BCUT2D eigenvalue weighted by atomic mass is 10.2. The zero-order chi connectivity index (χ0) is 17.3. The van der Waals surface area contributed by atoms with Crippen LogP contribution in [-0.2, 0) is 14.8 Å². The van der Waals surface area contributed by atoms with Crippen molar-refractivity contribution in [3.8, 4) is 0 Å². The third-order valence-corrected chi connectivity index (χ3v) is 5.52. The highest BCUT2D eigenvalue weighted by molar-refractivity contribution is 8.19. The van der Waals surface area contributed by atoms with Crippen LogP contribution in [0.2, 0.25) is 0 Å². The zero-order valence-electron chi connectivity index (χ0n) is 12.9. The summed E-state index contributed by atoms with van der Waals surface area (Å²) in [6, 6.07) is 9.86. The SMILES string of the molecule is Cc1ccc(S(=O)(=O)N=C2NC(=O)C(=Cc3ccc(C)o3)S2)cc1. The van der Waals surface area contributed by atoms with Gasteiger partial charge in [0.2, 0.25) is 0 Å². The maximum Gasteiger partial charge on any atom is 0.284 e. The second kappa shape index (κ2) is 6.29. The van der Waals surface area contributed by atoms with Gasteiger partial charge in [-0.05, 0) is 49.9 Å². The molecule has 0 atom stereocenters. The molecule has 24 heavy (non-hydrogen) atoms.